The highest BCUT2D eigenvalue weighted by molar-refractivity contribution is 5.68. The SMILES string of the molecule is CC(=O)OCC1OC(n2ccc(=O)n(Cc3ccccn3)c2=O)C(OC(C)=O)[C@H]1OC(C)=O. The molecular weight excluding hydrogens is 438 g/mol. The van der Waals surface area contributed by atoms with E-state index in [0.717, 1.165) is 29.0 Å². The highest BCUT2D eigenvalue weighted by Crippen LogP contribution is 2.33. The van der Waals surface area contributed by atoms with E-state index in [9.17, 15) is 24.0 Å². The van der Waals surface area contributed by atoms with E-state index in [1.54, 1.807) is 18.2 Å². The summed E-state index contributed by atoms with van der Waals surface area (Å²) in [6, 6.07) is 6.22. The smallest absolute Gasteiger partial charge is 0.333 e. The van der Waals surface area contributed by atoms with Crippen molar-refractivity contribution in [3.05, 3.63) is 63.2 Å². The van der Waals surface area contributed by atoms with Crippen LogP contribution in [0.4, 0.5) is 0 Å². The number of hydrogen-bond acceptors (Lipinski definition) is 10. The van der Waals surface area contributed by atoms with E-state index in [1.165, 1.54) is 19.3 Å². The fourth-order valence-electron chi connectivity index (χ4n) is 3.44. The van der Waals surface area contributed by atoms with Crippen LogP contribution in [0.3, 0.4) is 0 Å². The van der Waals surface area contributed by atoms with E-state index in [4.69, 9.17) is 18.9 Å². The predicted octanol–water partition coefficient (Wildman–Crippen LogP) is -0.223. The number of ether oxygens (including phenoxy) is 4. The van der Waals surface area contributed by atoms with Crippen molar-refractivity contribution in [3.8, 4) is 0 Å². The molecule has 12 heteroatoms. The Morgan fingerprint density at radius 2 is 1.70 bits per heavy atom. The molecule has 1 aliphatic rings. The third-order valence-electron chi connectivity index (χ3n) is 4.76. The molecule has 3 unspecified atom stereocenters. The lowest BCUT2D eigenvalue weighted by atomic mass is 10.1. The average Bonchev–Trinajstić information content (AvgIpc) is 3.06. The highest BCUT2D eigenvalue weighted by Gasteiger charge is 2.51. The number of esters is 3. The molecule has 0 radical (unpaired) electrons. The van der Waals surface area contributed by atoms with E-state index in [0.29, 0.717) is 5.69 Å². The molecule has 0 aliphatic carbocycles. The van der Waals surface area contributed by atoms with Gasteiger partial charge in [-0.2, -0.15) is 0 Å². The third-order valence-corrected chi connectivity index (χ3v) is 4.76. The lowest BCUT2D eigenvalue weighted by molar-refractivity contribution is -0.166. The molecule has 1 aliphatic heterocycles. The van der Waals surface area contributed by atoms with Crippen molar-refractivity contribution < 1.29 is 33.3 Å². The quantitative estimate of drug-likeness (QED) is 0.401. The molecule has 4 atom stereocenters. The zero-order chi connectivity index (χ0) is 24.1. The molecule has 176 valence electrons. The minimum absolute atomic E-state index is 0.103. The maximum Gasteiger partial charge on any atom is 0.333 e. The van der Waals surface area contributed by atoms with Gasteiger partial charge in [0.05, 0.1) is 12.2 Å². The Morgan fingerprint density at radius 3 is 2.30 bits per heavy atom. The number of aromatic nitrogens is 3. The molecule has 2 aromatic rings. The van der Waals surface area contributed by atoms with Gasteiger partial charge in [0.1, 0.15) is 12.7 Å². The maximum absolute atomic E-state index is 13.2. The summed E-state index contributed by atoms with van der Waals surface area (Å²) >= 11 is 0. The molecule has 0 N–H and O–H groups in total. The van der Waals surface area contributed by atoms with E-state index >= 15 is 0 Å². The van der Waals surface area contributed by atoms with Crippen LogP contribution in [-0.2, 0) is 39.9 Å². The van der Waals surface area contributed by atoms with E-state index in [1.807, 2.05) is 0 Å². The number of rotatable bonds is 7. The van der Waals surface area contributed by atoms with Gasteiger partial charge in [-0.05, 0) is 12.1 Å². The van der Waals surface area contributed by atoms with Crippen LogP contribution in [0, 0.1) is 0 Å². The van der Waals surface area contributed by atoms with Crippen molar-refractivity contribution in [2.24, 2.45) is 0 Å². The van der Waals surface area contributed by atoms with E-state index < -0.39 is 53.7 Å². The van der Waals surface area contributed by atoms with Crippen LogP contribution in [0.15, 0.2) is 46.2 Å². The van der Waals surface area contributed by atoms with Crippen LogP contribution in [0.25, 0.3) is 0 Å². The molecule has 12 nitrogen and oxygen atoms in total. The monoisotopic (exact) mass is 461 g/mol. The largest absolute Gasteiger partial charge is 0.463 e. The lowest BCUT2D eigenvalue weighted by Crippen LogP contribution is -2.45. The summed E-state index contributed by atoms with van der Waals surface area (Å²) in [6.07, 6.45) is -1.98. The normalized spacial score (nSPS) is 21.9. The molecule has 33 heavy (non-hydrogen) atoms. The van der Waals surface area contributed by atoms with Crippen LogP contribution in [0.5, 0.6) is 0 Å². The molecule has 0 saturated carbocycles. The summed E-state index contributed by atoms with van der Waals surface area (Å²) in [4.78, 5) is 64.4. The maximum atomic E-state index is 13.2. The van der Waals surface area contributed by atoms with Crippen LogP contribution < -0.4 is 11.2 Å². The highest BCUT2D eigenvalue weighted by atomic mass is 16.7. The Labute approximate surface area is 187 Å². The molecule has 0 amide bonds. The van der Waals surface area contributed by atoms with Gasteiger partial charge in [-0.3, -0.25) is 33.3 Å². The Balaban J connectivity index is 2.02. The van der Waals surface area contributed by atoms with Gasteiger partial charge in [0.2, 0.25) is 0 Å². The fraction of sp³-hybridized carbons (Fsp3) is 0.429. The summed E-state index contributed by atoms with van der Waals surface area (Å²) in [5.41, 5.74) is -0.856. The van der Waals surface area contributed by atoms with E-state index in [-0.39, 0.29) is 13.2 Å². The van der Waals surface area contributed by atoms with Crippen molar-refractivity contribution in [2.45, 2.75) is 51.9 Å². The number of carbonyl (C=O) groups excluding carboxylic acids is 3. The van der Waals surface area contributed by atoms with Crippen molar-refractivity contribution in [3.63, 3.8) is 0 Å². The zero-order valence-corrected chi connectivity index (χ0v) is 18.2. The fourth-order valence-corrected chi connectivity index (χ4v) is 3.44. The summed E-state index contributed by atoms with van der Waals surface area (Å²) in [7, 11) is 0. The van der Waals surface area contributed by atoms with Crippen LogP contribution in [-0.4, -0.2) is 56.9 Å². The van der Waals surface area contributed by atoms with Crippen LogP contribution in [0.2, 0.25) is 0 Å². The number of hydrogen-bond donors (Lipinski definition) is 0. The molecular formula is C21H23N3O9. The summed E-state index contributed by atoms with van der Waals surface area (Å²) in [6.45, 7) is 3.07. The van der Waals surface area contributed by atoms with Gasteiger partial charge >= 0.3 is 23.6 Å². The van der Waals surface area contributed by atoms with Gasteiger partial charge in [0.25, 0.3) is 5.56 Å². The molecule has 2 aromatic heterocycles. The molecule has 3 heterocycles. The molecule has 1 saturated heterocycles. The number of carbonyl (C=O) groups is 3. The summed E-state index contributed by atoms with van der Waals surface area (Å²) < 4.78 is 23.4. The van der Waals surface area contributed by atoms with Gasteiger partial charge in [-0.15, -0.1) is 0 Å². The van der Waals surface area contributed by atoms with Crippen LogP contribution in [0.1, 0.15) is 32.7 Å². The molecule has 1 fully saturated rings. The Hall–Kier alpha value is -3.80. The first-order valence-corrected chi connectivity index (χ1v) is 10.0. The summed E-state index contributed by atoms with van der Waals surface area (Å²) in [5.74, 6) is -2.01. The Bertz CT molecular complexity index is 1140. The summed E-state index contributed by atoms with van der Waals surface area (Å²) in [5, 5.41) is 0. The van der Waals surface area contributed by atoms with Crippen molar-refractivity contribution >= 4 is 17.9 Å². The van der Waals surface area contributed by atoms with Crippen molar-refractivity contribution in [2.75, 3.05) is 6.61 Å². The van der Waals surface area contributed by atoms with Gasteiger partial charge < -0.3 is 18.9 Å². The second-order valence-electron chi connectivity index (χ2n) is 7.27. The predicted molar refractivity (Wildman–Crippen MR) is 110 cm³/mol. The van der Waals surface area contributed by atoms with Gasteiger partial charge in [0, 0.05) is 39.2 Å². The van der Waals surface area contributed by atoms with E-state index in [2.05, 4.69) is 4.98 Å². The molecule has 3 rings (SSSR count). The minimum Gasteiger partial charge on any atom is -0.463 e. The van der Waals surface area contributed by atoms with Gasteiger partial charge in [-0.25, -0.2) is 4.79 Å². The molecule has 0 aromatic carbocycles. The van der Waals surface area contributed by atoms with Crippen molar-refractivity contribution in [1.82, 2.24) is 14.1 Å². The lowest BCUT2D eigenvalue weighted by Gasteiger charge is -2.24. The minimum atomic E-state index is -1.26. The standard InChI is InChI=1S/C21H23N3O9/c1-12(25)30-11-16-18(31-13(2)26)19(32-14(3)27)20(33-16)23-9-7-17(28)24(21(23)29)10-15-6-4-5-8-22-15/h4-9,16,18-20H,10-11H2,1-3H3/t16?,18-,19?,20?/m0/s1. The number of nitrogens with zero attached hydrogens (tertiary/aromatic N) is 3. The molecule has 0 spiro atoms. The first-order valence-electron chi connectivity index (χ1n) is 10.0. The Morgan fingerprint density at radius 1 is 1.00 bits per heavy atom. The van der Waals surface area contributed by atoms with Crippen molar-refractivity contribution in [1.29, 1.82) is 0 Å². The Kier molecular flexibility index (Phi) is 7.38. The first-order chi connectivity index (χ1) is 15.7. The van der Waals surface area contributed by atoms with Gasteiger partial charge in [0.15, 0.2) is 18.4 Å². The van der Waals surface area contributed by atoms with Gasteiger partial charge in [-0.1, -0.05) is 6.07 Å². The zero-order valence-electron chi connectivity index (χ0n) is 18.2. The topological polar surface area (TPSA) is 145 Å². The average molecular weight is 461 g/mol. The molecule has 0 bridgehead atoms. The second-order valence-corrected chi connectivity index (χ2v) is 7.27. The third kappa shape index (κ3) is 5.71. The second kappa shape index (κ2) is 10.2. The first kappa shape index (κ1) is 23.9. The van der Waals surface area contributed by atoms with Crippen LogP contribution >= 0.6 is 0 Å². The number of pyridine rings is 1.